The van der Waals surface area contributed by atoms with E-state index in [2.05, 4.69) is 26.0 Å². The molecule has 1 aliphatic heterocycles. The number of anilines is 1. The molecule has 1 amide bonds. The number of hydrogen-bond acceptors (Lipinski definition) is 1. The van der Waals surface area contributed by atoms with Crippen molar-refractivity contribution in [1.82, 2.24) is 0 Å². The molecule has 108 valence electrons. The van der Waals surface area contributed by atoms with E-state index in [1.807, 2.05) is 53.4 Å². The molecule has 2 aromatic carbocycles. The van der Waals surface area contributed by atoms with Gasteiger partial charge in [0.1, 0.15) is 0 Å². The Balaban J connectivity index is 2.02. The van der Waals surface area contributed by atoms with Gasteiger partial charge in [-0.25, -0.2) is 0 Å². The zero-order valence-electron chi connectivity index (χ0n) is 12.6. The Kier molecular flexibility index (Phi) is 3.54. The molecule has 21 heavy (non-hydrogen) atoms. The maximum Gasteiger partial charge on any atom is 0.237 e. The molecule has 0 radical (unpaired) electrons. The summed E-state index contributed by atoms with van der Waals surface area (Å²) in [5.74, 6) is 0.547. The molecule has 2 atom stereocenters. The molecule has 0 aromatic heterocycles. The van der Waals surface area contributed by atoms with Crippen LogP contribution in [0, 0.1) is 5.92 Å². The molecule has 3 rings (SSSR count). The van der Waals surface area contributed by atoms with Crippen LogP contribution < -0.4 is 4.90 Å². The quantitative estimate of drug-likeness (QED) is 0.813. The maximum atomic E-state index is 13.2. The first-order valence-corrected chi connectivity index (χ1v) is 7.56. The largest absolute Gasteiger partial charge is 0.312 e. The summed E-state index contributed by atoms with van der Waals surface area (Å²) in [7, 11) is 0. The lowest BCUT2D eigenvalue weighted by atomic mass is 9.68. The fourth-order valence-corrected chi connectivity index (χ4v) is 3.25. The van der Waals surface area contributed by atoms with Crippen LogP contribution in [-0.2, 0) is 10.2 Å². The van der Waals surface area contributed by atoms with Gasteiger partial charge in [0.2, 0.25) is 5.91 Å². The van der Waals surface area contributed by atoms with E-state index in [1.165, 1.54) is 0 Å². The number of piperidine rings is 1. The lowest BCUT2D eigenvalue weighted by Gasteiger charge is -2.44. The van der Waals surface area contributed by atoms with Crippen molar-refractivity contribution >= 4 is 11.6 Å². The van der Waals surface area contributed by atoms with Crippen LogP contribution in [0.5, 0.6) is 0 Å². The molecule has 2 nitrogen and oxygen atoms in total. The predicted molar refractivity (Wildman–Crippen MR) is 86.4 cm³/mol. The van der Waals surface area contributed by atoms with Gasteiger partial charge in [-0.1, -0.05) is 55.5 Å². The van der Waals surface area contributed by atoms with Gasteiger partial charge in [-0.3, -0.25) is 4.79 Å². The summed E-state index contributed by atoms with van der Waals surface area (Å²) >= 11 is 0. The highest BCUT2D eigenvalue weighted by molar-refractivity contribution is 6.02. The smallest absolute Gasteiger partial charge is 0.237 e. The van der Waals surface area contributed by atoms with Gasteiger partial charge in [-0.05, 0) is 37.0 Å². The zero-order valence-corrected chi connectivity index (χ0v) is 12.6. The van der Waals surface area contributed by atoms with Crippen molar-refractivity contribution in [1.29, 1.82) is 0 Å². The Morgan fingerprint density at radius 2 is 1.57 bits per heavy atom. The third-order valence-corrected chi connectivity index (χ3v) is 4.90. The van der Waals surface area contributed by atoms with Crippen LogP contribution in [0.3, 0.4) is 0 Å². The first-order chi connectivity index (χ1) is 10.1. The minimum absolute atomic E-state index is 0.207. The number of benzene rings is 2. The summed E-state index contributed by atoms with van der Waals surface area (Å²) in [6.45, 7) is 5.07. The second kappa shape index (κ2) is 5.36. The highest BCUT2D eigenvalue weighted by atomic mass is 16.2. The minimum Gasteiger partial charge on any atom is -0.312 e. The summed E-state index contributed by atoms with van der Waals surface area (Å²) in [6, 6.07) is 20.2. The number of amides is 1. The predicted octanol–water partition coefficient (Wildman–Crippen LogP) is 4.02. The van der Waals surface area contributed by atoms with Crippen LogP contribution in [0.15, 0.2) is 60.7 Å². The summed E-state index contributed by atoms with van der Waals surface area (Å²) in [5, 5.41) is 0. The van der Waals surface area contributed by atoms with E-state index in [4.69, 9.17) is 0 Å². The second-order valence-electron chi connectivity index (χ2n) is 6.05. The van der Waals surface area contributed by atoms with E-state index in [-0.39, 0.29) is 5.91 Å². The first kappa shape index (κ1) is 13.9. The number of rotatable bonds is 2. The molecule has 0 aliphatic carbocycles. The third-order valence-electron chi connectivity index (χ3n) is 4.90. The van der Waals surface area contributed by atoms with Gasteiger partial charge in [0.05, 0.1) is 5.41 Å². The third kappa shape index (κ3) is 2.25. The van der Waals surface area contributed by atoms with Crippen LogP contribution >= 0.6 is 0 Å². The molecule has 0 N–H and O–H groups in total. The van der Waals surface area contributed by atoms with Gasteiger partial charge < -0.3 is 4.90 Å². The summed E-state index contributed by atoms with van der Waals surface area (Å²) in [5.41, 5.74) is 1.66. The lowest BCUT2D eigenvalue weighted by Crippen LogP contribution is -2.54. The molecular weight excluding hydrogens is 258 g/mol. The Morgan fingerprint density at radius 3 is 2.19 bits per heavy atom. The fraction of sp³-hybridized carbons (Fsp3) is 0.316. The van der Waals surface area contributed by atoms with Crippen LogP contribution in [0.4, 0.5) is 5.69 Å². The zero-order chi connectivity index (χ0) is 14.9. The molecule has 1 aliphatic rings. The first-order valence-electron chi connectivity index (χ1n) is 7.56. The molecule has 1 saturated heterocycles. The van der Waals surface area contributed by atoms with Gasteiger partial charge in [0.25, 0.3) is 0 Å². The topological polar surface area (TPSA) is 20.3 Å². The lowest BCUT2D eigenvalue weighted by molar-refractivity contribution is -0.127. The molecule has 1 heterocycles. The van der Waals surface area contributed by atoms with Gasteiger partial charge >= 0.3 is 0 Å². The standard InChI is InChI=1S/C19H21NO/c1-15-13-14-20(17-11-7-4-8-12-17)18(21)19(15,2)16-9-5-3-6-10-16/h3-12,15H,13-14H2,1-2H3. The summed E-state index contributed by atoms with van der Waals surface area (Å²) in [4.78, 5) is 15.1. The molecule has 2 unspecified atom stereocenters. The number of para-hydroxylation sites is 1. The Morgan fingerprint density at radius 1 is 1.00 bits per heavy atom. The Labute approximate surface area is 126 Å². The maximum absolute atomic E-state index is 13.2. The molecular formula is C19H21NO. The van der Waals surface area contributed by atoms with Gasteiger partial charge in [-0.2, -0.15) is 0 Å². The molecule has 0 spiro atoms. The van der Waals surface area contributed by atoms with Crippen LogP contribution in [0.25, 0.3) is 0 Å². The van der Waals surface area contributed by atoms with Crippen molar-refractivity contribution in [3.63, 3.8) is 0 Å². The van der Waals surface area contributed by atoms with Gasteiger partial charge in [-0.15, -0.1) is 0 Å². The van der Waals surface area contributed by atoms with Crippen LogP contribution in [0.1, 0.15) is 25.8 Å². The van der Waals surface area contributed by atoms with E-state index < -0.39 is 5.41 Å². The van der Waals surface area contributed by atoms with E-state index in [9.17, 15) is 4.79 Å². The fourth-order valence-electron chi connectivity index (χ4n) is 3.25. The van der Waals surface area contributed by atoms with Crippen molar-refractivity contribution in [3.8, 4) is 0 Å². The molecule has 0 saturated carbocycles. The van der Waals surface area contributed by atoms with Crippen molar-refractivity contribution < 1.29 is 4.79 Å². The van der Waals surface area contributed by atoms with Crippen molar-refractivity contribution in [2.75, 3.05) is 11.4 Å². The summed E-state index contributed by atoms with van der Waals surface area (Å²) in [6.07, 6.45) is 1.02. The SMILES string of the molecule is CC1CCN(c2ccccc2)C(=O)C1(C)c1ccccc1. The molecule has 2 aromatic rings. The van der Waals surface area contributed by atoms with Crippen LogP contribution in [0.2, 0.25) is 0 Å². The van der Waals surface area contributed by atoms with Crippen molar-refractivity contribution in [2.24, 2.45) is 5.92 Å². The van der Waals surface area contributed by atoms with E-state index in [0.29, 0.717) is 5.92 Å². The molecule has 0 bridgehead atoms. The Hall–Kier alpha value is -2.09. The number of carbonyl (C=O) groups is 1. The molecule has 2 heteroatoms. The van der Waals surface area contributed by atoms with Crippen molar-refractivity contribution in [2.45, 2.75) is 25.7 Å². The highest BCUT2D eigenvalue weighted by Crippen LogP contribution is 2.40. The monoisotopic (exact) mass is 279 g/mol. The van der Waals surface area contributed by atoms with E-state index in [1.54, 1.807) is 0 Å². The number of hydrogen-bond donors (Lipinski definition) is 0. The second-order valence-corrected chi connectivity index (χ2v) is 6.05. The van der Waals surface area contributed by atoms with E-state index in [0.717, 1.165) is 24.2 Å². The molecule has 1 fully saturated rings. The average molecular weight is 279 g/mol. The van der Waals surface area contributed by atoms with Gasteiger partial charge in [0.15, 0.2) is 0 Å². The van der Waals surface area contributed by atoms with E-state index >= 15 is 0 Å². The average Bonchev–Trinajstić information content (AvgIpc) is 2.54. The number of carbonyl (C=O) groups excluding carboxylic acids is 1. The Bertz CT molecular complexity index is 623. The van der Waals surface area contributed by atoms with Gasteiger partial charge in [0, 0.05) is 12.2 Å². The summed E-state index contributed by atoms with van der Waals surface area (Å²) < 4.78 is 0. The number of nitrogens with zero attached hydrogens (tertiary/aromatic N) is 1. The van der Waals surface area contributed by atoms with Crippen molar-refractivity contribution in [3.05, 3.63) is 66.2 Å². The minimum atomic E-state index is -0.449. The normalized spacial score (nSPS) is 25.9. The highest BCUT2D eigenvalue weighted by Gasteiger charge is 2.46. The van der Waals surface area contributed by atoms with Crippen LogP contribution in [-0.4, -0.2) is 12.5 Å².